The summed E-state index contributed by atoms with van der Waals surface area (Å²) in [5.41, 5.74) is 1.76. The second kappa shape index (κ2) is 17.5. The maximum absolute atomic E-state index is 13.6. The van der Waals surface area contributed by atoms with E-state index >= 15 is 0 Å². The number of ketones is 2. The first-order valence-electron chi connectivity index (χ1n) is 19.0. The Bertz CT molecular complexity index is 1970. The highest BCUT2D eigenvalue weighted by molar-refractivity contribution is 6.54. The number of rotatable bonds is 16. The van der Waals surface area contributed by atoms with Crippen molar-refractivity contribution in [1.82, 2.24) is 0 Å². The van der Waals surface area contributed by atoms with Gasteiger partial charge >= 0.3 is 11.5 Å². The largest absolute Gasteiger partial charge is 0.506 e. The zero-order valence-corrected chi connectivity index (χ0v) is 33.0. The van der Waals surface area contributed by atoms with Gasteiger partial charge in [-0.15, -0.1) is 0 Å². The van der Waals surface area contributed by atoms with Crippen molar-refractivity contribution in [2.75, 3.05) is 26.4 Å². The summed E-state index contributed by atoms with van der Waals surface area (Å²) in [6.07, 6.45) is 8.70. The van der Waals surface area contributed by atoms with Gasteiger partial charge in [-0.1, -0.05) is 90.1 Å². The van der Waals surface area contributed by atoms with Crippen molar-refractivity contribution in [3.63, 3.8) is 0 Å². The lowest BCUT2D eigenvalue weighted by molar-refractivity contribution is -0.131. The molecule has 7 heteroatoms. The average molecular weight is 732 g/mol. The van der Waals surface area contributed by atoms with Crippen LogP contribution in [0.2, 0.25) is 0 Å². The van der Waals surface area contributed by atoms with E-state index in [2.05, 4.69) is 27.7 Å². The van der Waals surface area contributed by atoms with E-state index in [-0.39, 0.29) is 16.9 Å². The van der Waals surface area contributed by atoms with E-state index in [0.29, 0.717) is 72.4 Å². The Hall–Kier alpha value is -4.85. The van der Waals surface area contributed by atoms with Crippen LogP contribution in [-0.2, 0) is 29.2 Å². The molecule has 2 heterocycles. The summed E-state index contributed by atoms with van der Waals surface area (Å²) < 4.78 is 25.0. The van der Waals surface area contributed by atoms with E-state index < -0.39 is 22.4 Å². The van der Waals surface area contributed by atoms with Crippen molar-refractivity contribution in [3.05, 3.63) is 136 Å². The summed E-state index contributed by atoms with van der Waals surface area (Å²) in [5, 5.41) is 11.6. The van der Waals surface area contributed by atoms with Crippen molar-refractivity contribution in [2.45, 2.75) is 73.6 Å². The smallest absolute Gasteiger partial charge is 0.360 e. The average Bonchev–Trinajstić information content (AvgIpc) is 3.34. The third-order valence-electron chi connectivity index (χ3n) is 9.51. The SMILES string of the molecule is CC(C)CCOCC(C)(C)C1=C/C(=C\C2=C(O)C(=C\c3cc(-c4ccccc4)[o+]c(C(C)(C)COCCC(C)C)c3)/C(=O)C2=O)C=C(c2ccccc2)O1. The third-order valence-corrected chi connectivity index (χ3v) is 9.51. The number of hydrogen-bond donors (Lipinski definition) is 1. The molecule has 1 N–H and O–H groups in total. The Balaban J connectivity index is 1.54. The second-order valence-corrected chi connectivity index (χ2v) is 16.3. The van der Waals surface area contributed by atoms with Gasteiger partial charge in [-0.25, -0.2) is 4.42 Å². The van der Waals surface area contributed by atoms with Crippen LogP contribution in [0.15, 0.2) is 124 Å². The molecular weight excluding hydrogens is 677 g/mol. The molecule has 0 saturated heterocycles. The third kappa shape index (κ3) is 10.2. The molecule has 284 valence electrons. The molecule has 0 fully saturated rings. The Labute approximate surface area is 320 Å². The highest BCUT2D eigenvalue weighted by Gasteiger charge is 2.38. The van der Waals surface area contributed by atoms with E-state index in [1.165, 1.54) is 0 Å². The van der Waals surface area contributed by atoms with Crippen LogP contribution in [0.25, 0.3) is 23.2 Å². The van der Waals surface area contributed by atoms with Gasteiger partial charge in [0.15, 0.2) is 0 Å². The van der Waals surface area contributed by atoms with E-state index in [9.17, 15) is 14.7 Å². The van der Waals surface area contributed by atoms with Crippen LogP contribution in [0, 0.1) is 17.3 Å². The van der Waals surface area contributed by atoms with Crippen molar-refractivity contribution >= 4 is 23.4 Å². The van der Waals surface area contributed by atoms with Crippen molar-refractivity contribution in [3.8, 4) is 11.3 Å². The minimum absolute atomic E-state index is 0.0728. The number of Topliss-reactive ketones (excluding diaryl/α,β-unsaturated/α-hetero) is 2. The van der Waals surface area contributed by atoms with Crippen LogP contribution >= 0.6 is 0 Å². The number of carbonyl (C=O) groups is 2. The second-order valence-electron chi connectivity index (χ2n) is 16.3. The highest BCUT2D eigenvalue weighted by Crippen LogP contribution is 2.39. The fourth-order valence-electron chi connectivity index (χ4n) is 6.01. The van der Waals surface area contributed by atoms with Crippen molar-refractivity contribution < 1.29 is 33.3 Å². The molecule has 2 aromatic carbocycles. The predicted octanol–water partition coefficient (Wildman–Crippen LogP) is 10.9. The van der Waals surface area contributed by atoms with Crippen LogP contribution in [0.3, 0.4) is 0 Å². The molecule has 1 aliphatic carbocycles. The summed E-state index contributed by atoms with van der Waals surface area (Å²) in [5.74, 6) is 1.62. The topological polar surface area (TPSA) is 93.4 Å². The van der Waals surface area contributed by atoms with Crippen molar-refractivity contribution in [1.29, 1.82) is 0 Å². The molecule has 2 aliphatic rings. The first-order valence-corrected chi connectivity index (χ1v) is 19.0. The number of aliphatic hydroxyl groups is 1. The summed E-state index contributed by atoms with van der Waals surface area (Å²) in [6, 6.07) is 23.0. The Morgan fingerprint density at radius 2 is 1.31 bits per heavy atom. The maximum Gasteiger partial charge on any atom is 0.360 e. The minimum Gasteiger partial charge on any atom is -0.506 e. The summed E-state index contributed by atoms with van der Waals surface area (Å²) in [6.45, 7) is 19.0. The molecule has 1 aliphatic heterocycles. The molecule has 7 nitrogen and oxygen atoms in total. The zero-order chi connectivity index (χ0) is 39.0. The van der Waals surface area contributed by atoms with Gasteiger partial charge in [-0.2, -0.15) is 0 Å². The quantitative estimate of drug-likeness (QED) is 0.0678. The molecule has 54 heavy (non-hydrogen) atoms. The van der Waals surface area contributed by atoms with E-state index in [1.54, 1.807) is 12.2 Å². The van der Waals surface area contributed by atoms with Gasteiger partial charge < -0.3 is 19.3 Å². The van der Waals surface area contributed by atoms with Crippen LogP contribution < -0.4 is 0 Å². The molecule has 0 bridgehead atoms. The lowest BCUT2D eigenvalue weighted by Gasteiger charge is -2.31. The lowest BCUT2D eigenvalue weighted by Crippen LogP contribution is -2.25. The van der Waals surface area contributed by atoms with Gasteiger partial charge in [0.25, 0.3) is 0 Å². The lowest BCUT2D eigenvalue weighted by atomic mass is 9.88. The Morgan fingerprint density at radius 1 is 0.741 bits per heavy atom. The molecule has 1 aromatic heterocycles. The fourth-order valence-corrected chi connectivity index (χ4v) is 6.01. The monoisotopic (exact) mass is 731 g/mol. The van der Waals surface area contributed by atoms with Gasteiger partial charge in [-0.05, 0) is 86.1 Å². The molecule has 0 amide bonds. The first kappa shape index (κ1) is 40.3. The number of ether oxygens (including phenoxy) is 3. The Kier molecular flexibility index (Phi) is 13.1. The van der Waals surface area contributed by atoms with Gasteiger partial charge in [0.05, 0.1) is 36.0 Å². The number of carbonyl (C=O) groups excluding carboxylic acids is 2. The highest BCUT2D eigenvalue weighted by atomic mass is 16.5. The molecule has 3 aromatic rings. The van der Waals surface area contributed by atoms with Crippen LogP contribution in [0.5, 0.6) is 0 Å². The molecular formula is C47H55O7+. The molecule has 0 atom stereocenters. The van der Waals surface area contributed by atoms with Gasteiger partial charge in [0, 0.05) is 30.3 Å². The van der Waals surface area contributed by atoms with Gasteiger partial charge in [0.2, 0.25) is 11.6 Å². The summed E-state index contributed by atoms with van der Waals surface area (Å²) in [4.78, 5) is 27.2. The predicted molar refractivity (Wildman–Crippen MR) is 215 cm³/mol. The molecule has 0 unspecified atom stereocenters. The number of allylic oxidation sites excluding steroid dienone is 6. The molecule has 0 spiro atoms. The number of aliphatic hydroxyl groups excluding tert-OH is 1. The number of hydrogen-bond acceptors (Lipinski definition) is 6. The Morgan fingerprint density at radius 3 is 1.91 bits per heavy atom. The van der Waals surface area contributed by atoms with Gasteiger partial charge in [-0.3, -0.25) is 9.59 Å². The van der Waals surface area contributed by atoms with E-state index in [0.717, 1.165) is 24.0 Å². The van der Waals surface area contributed by atoms with Crippen molar-refractivity contribution in [2.24, 2.45) is 17.3 Å². The molecule has 0 saturated carbocycles. The maximum atomic E-state index is 13.6. The summed E-state index contributed by atoms with van der Waals surface area (Å²) in [7, 11) is 0. The fraction of sp³-hybridized carbons (Fsp3) is 0.383. The van der Waals surface area contributed by atoms with E-state index in [1.807, 2.05) is 113 Å². The van der Waals surface area contributed by atoms with Gasteiger partial charge in [0.1, 0.15) is 22.7 Å². The van der Waals surface area contributed by atoms with Crippen LogP contribution in [0.4, 0.5) is 0 Å². The normalized spacial score (nSPS) is 16.9. The zero-order valence-electron chi connectivity index (χ0n) is 33.0. The molecule has 0 radical (unpaired) electrons. The first-order chi connectivity index (χ1) is 25.6. The van der Waals surface area contributed by atoms with E-state index in [4.69, 9.17) is 18.6 Å². The molecule has 5 rings (SSSR count). The van der Waals surface area contributed by atoms with Crippen LogP contribution in [-0.4, -0.2) is 43.1 Å². The number of benzene rings is 2. The minimum atomic E-state index is -0.776. The summed E-state index contributed by atoms with van der Waals surface area (Å²) >= 11 is 0. The standard InChI is InChI=1S/C47H54O7/c1-31(2)19-21-51-29-46(5,6)41-27-33(25-39(53-41)35-15-11-9-12-16-35)23-37-43(48)38(45(50)44(37)49)24-34-26-40(36-17-13-10-14-18-36)54-42(28-34)47(7,8)30-52-22-20-32(3)4/h9-18,23-28,31-32H,19-22,29-30H2,1-8H3/p+1. The van der Waals surface area contributed by atoms with Crippen LogP contribution in [0.1, 0.15) is 85.1 Å².